The zero-order valence-electron chi connectivity index (χ0n) is 11.8. The van der Waals surface area contributed by atoms with Crippen LogP contribution >= 0.6 is 0 Å². The number of nitrogens with zero attached hydrogens (tertiary/aromatic N) is 1. The second-order valence-corrected chi connectivity index (χ2v) is 5.24. The lowest BCUT2D eigenvalue weighted by atomic mass is 9.98. The molecule has 0 unspecified atom stereocenters. The van der Waals surface area contributed by atoms with E-state index >= 15 is 0 Å². The van der Waals surface area contributed by atoms with Gasteiger partial charge in [-0.05, 0) is 37.5 Å². The minimum Gasteiger partial charge on any atom is -0.481 e. The van der Waals surface area contributed by atoms with Crippen molar-refractivity contribution < 1.29 is 23.8 Å². The number of hydrogen-bond acceptors (Lipinski definition) is 3. The Balaban J connectivity index is 1.92. The van der Waals surface area contributed by atoms with E-state index in [2.05, 4.69) is 0 Å². The lowest BCUT2D eigenvalue weighted by molar-refractivity contribution is -0.146. The number of rotatable bonds is 4. The van der Waals surface area contributed by atoms with Gasteiger partial charge in [-0.2, -0.15) is 0 Å². The number of carbonyl (C=O) groups is 2. The molecule has 0 saturated carbocycles. The highest BCUT2D eigenvalue weighted by Gasteiger charge is 2.28. The molecular formula is C15H18FNO4. The summed E-state index contributed by atoms with van der Waals surface area (Å²) in [4.78, 5) is 24.5. The second-order valence-electron chi connectivity index (χ2n) is 5.24. The molecule has 1 heterocycles. The van der Waals surface area contributed by atoms with Crippen LogP contribution in [0.1, 0.15) is 18.4 Å². The molecular weight excluding hydrogens is 277 g/mol. The first-order valence-corrected chi connectivity index (χ1v) is 6.87. The predicted molar refractivity (Wildman–Crippen MR) is 73.6 cm³/mol. The molecule has 1 atom stereocenters. The molecule has 1 aliphatic heterocycles. The minimum atomic E-state index is -0.891. The first-order valence-electron chi connectivity index (χ1n) is 6.87. The van der Waals surface area contributed by atoms with Crippen LogP contribution in [0.4, 0.5) is 4.39 Å². The summed E-state index contributed by atoms with van der Waals surface area (Å²) in [6.45, 7) is 2.22. The van der Waals surface area contributed by atoms with Gasteiger partial charge in [-0.15, -0.1) is 0 Å². The van der Waals surface area contributed by atoms with E-state index in [0.717, 1.165) is 5.56 Å². The van der Waals surface area contributed by atoms with Crippen molar-refractivity contribution in [1.82, 2.24) is 4.90 Å². The number of benzene rings is 1. The van der Waals surface area contributed by atoms with Gasteiger partial charge in [-0.25, -0.2) is 4.39 Å². The fourth-order valence-electron chi connectivity index (χ4n) is 2.36. The lowest BCUT2D eigenvalue weighted by Gasteiger charge is -2.30. The molecule has 5 nitrogen and oxygen atoms in total. The van der Waals surface area contributed by atoms with Crippen LogP contribution in [0.25, 0.3) is 0 Å². The maximum atomic E-state index is 13.5. The molecule has 1 aromatic carbocycles. The van der Waals surface area contributed by atoms with Crippen LogP contribution in [0.3, 0.4) is 0 Å². The van der Waals surface area contributed by atoms with Crippen molar-refractivity contribution in [2.24, 2.45) is 5.92 Å². The van der Waals surface area contributed by atoms with E-state index in [-0.39, 0.29) is 24.8 Å². The van der Waals surface area contributed by atoms with Gasteiger partial charge < -0.3 is 14.7 Å². The Hall–Kier alpha value is -2.11. The summed E-state index contributed by atoms with van der Waals surface area (Å²) in [7, 11) is 0. The number of carboxylic acid groups (broad SMARTS) is 1. The van der Waals surface area contributed by atoms with Gasteiger partial charge in [0.15, 0.2) is 18.2 Å². The third-order valence-corrected chi connectivity index (χ3v) is 3.56. The molecule has 1 aromatic rings. The number of aliphatic carboxylic acids is 1. The Kier molecular flexibility index (Phi) is 4.77. The van der Waals surface area contributed by atoms with Gasteiger partial charge in [0, 0.05) is 13.1 Å². The largest absolute Gasteiger partial charge is 0.481 e. The number of likely N-dealkylation sites (tertiary alicyclic amines) is 1. The first kappa shape index (κ1) is 15.3. The Labute approximate surface area is 122 Å². The Morgan fingerprint density at radius 2 is 2.24 bits per heavy atom. The van der Waals surface area contributed by atoms with E-state index in [1.54, 1.807) is 13.0 Å². The molecule has 1 amide bonds. The molecule has 0 aromatic heterocycles. The van der Waals surface area contributed by atoms with Gasteiger partial charge in [0.25, 0.3) is 5.91 Å². The van der Waals surface area contributed by atoms with Crippen molar-refractivity contribution >= 4 is 11.9 Å². The summed E-state index contributed by atoms with van der Waals surface area (Å²) in [6, 6.07) is 4.43. The second kappa shape index (κ2) is 6.56. The SMILES string of the molecule is Cc1ccc(F)c(OCC(=O)N2CCC[C@H](C(=O)O)C2)c1. The fraction of sp³-hybridized carbons (Fsp3) is 0.467. The Morgan fingerprint density at radius 1 is 1.48 bits per heavy atom. The van der Waals surface area contributed by atoms with E-state index in [9.17, 15) is 14.0 Å². The van der Waals surface area contributed by atoms with E-state index in [4.69, 9.17) is 9.84 Å². The number of carbonyl (C=O) groups excluding carboxylic acids is 1. The van der Waals surface area contributed by atoms with Crippen molar-refractivity contribution in [3.05, 3.63) is 29.6 Å². The van der Waals surface area contributed by atoms with Crippen molar-refractivity contribution in [2.75, 3.05) is 19.7 Å². The molecule has 114 valence electrons. The van der Waals surface area contributed by atoms with Crippen LogP contribution in [0.15, 0.2) is 18.2 Å². The minimum absolute atomic E-state index is 0.0372. The van der Waals surface area contributed by atoms with Crippen LogP contribution in [0.5, 0.6) is 5.75 Å². The topological polar surface area (TPSA) is 66.8 Å². The zero-order chi connectivity index (χ0) is 15.4. The number of halogens is 1. The zero-order valence-corrected chi connectivity index (χ0v) is 11.8. The third kappa shape index (κ3) is 3.93. The average Bonchev–Trinajstić information content (AvgIpc) is 2.48. The van der Waals surface area contributed by atoms with Crippen LogP contribution < -0.4 is 4.74 Å². The van der Waals surface area contributed by atoms with Crippen molar-refractivity contribution in [3.8, 4) is 5.75 Å². The summed E-state index contributed by atoms with van der Waals surface area (Å²) < 4.78 is 18.7. The summed E-state index contributed by atoms with van der Waals surface area (Å²) in [5.41, 5.74) is 0.836. The lowest BCUT2D eigenvalue weighted by Crippen LogP contribution is -2.44. The summed E-state index contributed by atoms with van der Waals surface area (Å²) in [5, 5.41) is 8.99. The van der Waals surface area contributed by atoms with Crippen molar-refractivity contribution in [2.45, 2.75) is 19.8 Å². The van der Waals surface area contributed by atoms with Gasteiger partial charge in [-0.1, -0.05) is 6.07 Å². The maximum absolute atomic E-state index is 13.5. The van der Waals surface area contributed by atoms with Crippen molar-refractivity contribution in [1.29, 1.82) is 0 Å². The first-order chi connectivity index (χ1) is 9.97. The number of piperidine rings is 1. The molecule has 21 heavy (non-hydrogen) atoms. The van der Waals surface area contributed by atoms with Crippen LogP contribution in [0.2, 0.25) is 0 Å². The highest BCUT2D eigenvalue weighted by atomic mass is 19.1. The molecule has 2 rings (SSSR count). The highest BCUT2D eigenvalue weighted by molar-refractivity contribution is 5.79. The van der Waals surface area contributed by atoms with Crippen LogP contribution in [-0.2, 0) is 9.59 Å². The number of amides is 1. The normalized spacial score (nSPS) is 18.4. The number of carboxylic acids is 1. The predicted octanol–water partition coefficient (Wildman–Crippen LogP) is 1.84. The quantitative estimate of drug-likeness (QED) is 0.920. The van der Waals surface area contributed by atoms with Gasteiger partial charge in [0.2, 0.25) is 0 Å². The Morgan fingerprint density at radius 3 is 2.95 bits per heavy atom. The smallest absolute Gasteiger partial charge is 0.308 e. The molecule has 1 aliphatic rings. The summed E-state index contributed by atoms with van der Waals surface area (Å²) >= 11 is 0. The van der Waals surface area contributed by atoms with Gasteiger partial charge >= 0.3 is 5.97 Å². The molecule has 6 heteroatoms. The molecule has 1 N–H and O–H groups in total. The summed E-state index contributed by atoms with van der Waals surface area (Å²) in [6.07, 6.45) is 1.23. The van der Waals surface area contributed by atoms with Gasteiger partial charge in [0.1, 0.15) is 0 Å². The fourth-order valence-corrected chi connectivity index (χ4v) is 2.36. The molecule has 0 radical (unpaired) electrons. The van der Waals surface area contributed by atoms with E-state index in [0.29, 0.717) is 19.4 Å². The van der Waals surface area contributed by atoms with Crippen LogP contribution in [-0.4, -0.2) is 41.6 Å². The molecule has 0 bridgehead atoms. The molecule has 1 saturated heterocycles. The average molecular weight is 295 g/mol. The van der Waals surface area contributed by atoms with Crippen molar-refractivity contribution in [3.63, 3.8) is 0 Å². The van der Waals surface area contributed by atoms with Crippen LogP contribution in [0, 0.1) is 18.7 Å². The highest BCUT2D eigenvalue weighted by Crippen LogP contribution is 2.20. The van der Waals surface area contributed by atoms with E-state index < -0.39 is 17.7 Å². The number of ether oxygens (including phenoxy) is 1. The Bertz CT molecular complexity index is 546. The third-order valence-electron chi connectivity index (χ3n) is 3.56. The molecule has 1 fully saturated rings. The standard InChI is InChI=1S/C15H18FNO4/c1-10-4-5-12(16)13(7-10)21-9-14(18)17-6-2-3-11(8-17)15(19)20/h4-5,7,11H,2-3,6,8-9H2,1H3,(H,19,20)/t11-/m0/s1. The monoisotopic (exact) mass is 295 g/mol. The van der Waals surface area contributed by atoms with E-state index in [1.807, 2.05) is 0 Å². The van der Waals surface area contributed by atoms with E-state index in [1.165, 1.54) is 17.0 Å². The molecule has 0 aliphatic carbocycles. The number of hydrogen-bond donors (Lipinski definition) is 1. The van der Waals surface area contributed by atoms with Gasteiger partial charge in [0.05, 0.1) is 5.92 Å². The number of aryl methyl sites for hydroxylation is 1. The van der Waals surface area contributed by atoms with Gasteiger partial charge in [-0.3, -0.25) is 9.59 Å². The maximum Gasteiger partial charge on any atom is 0.308 e. The summed E-state index contributed by atoms with van der Waals surface area (Å²) in [5.74, 6) is -2.22. The molecule has 0 spiro atoms.